The Kier molecular flexibility index (Phi) is 4.07. The van der Waals surface area contributed by atoms with Crippen LogP contribution in [0.1, 0.15) is 52.4 Å². The predicted molar refractivity (Wildman–Crippen MR) is 52.0 cm³/mol. The van der Waals surface area contributed by atoms with Crippen molar-refractivity contribution >= 4 is 0 Å². The van der Waals surface area contributed by atoms with Crippen molar-refractivity contribution < 1.29 is 5.11 Å². The van der Waals surface area contributed by atoms with Crippen LogP contribution in [0, 0.1) is 11.8 Å². The molecule has 0 saturated heterocycles. The van der Waals surface area contributed by atoms with Gasteiger partial charge in [0.15, 0.2) is 0 Å². The van der Waals surface area contributed by atoms with Gasteiger partial charge < -0.3 is 5.11 Å². The van der Waals surface area contributed by atoms with Crippen LogP contribution in [0.25, 0.3) is 0 Å². The summed E-state index contributed by atoms with van der Waals surface area (Å²) in [6.45, 7) is 4.55. The second kappa shape index (κ2) is 4.86. The monoisotopic (exact) mass is 170 g/mol. The Hall–Kier alpha value is -0.0400. The van der Waals surface area contributed by atoms with Crippen LogP contribution in [0.5, 0.6) is 0 Å². The largest absolute Gasteiger partial charge is 0.393 e. The van der Waals surface area contributed by atoms with Gasteiger partial charge >= 0.3 is 0 Å². The fourth-order valence-electron chi connectivity index (χ4n) is 2.58. The lowest BCUT2D eigenvalue weighted by Crippen LogP contribution is -2.25. The van der Waals surface area contributed by atoms with Gasteiger partial charge in [0.05, 0.1) is 6.10 Å². The molecular weight excluding hydrogens is 148 g/mol. The standard InChI is InChI=1S/C11H22O/c1-3-9(4-2)10-6-5-7-11(12)8-10/h9-12H,3-8H2,1-2H3. The lowest BCUT2D eigenvalue weighted by Gasteiger charge is -2.31. The average molecular weight is 170 g/mol. The zero-order valence-electron chi connectivity index (χ0n) is 8.42. The Morgan fingerprint density at radius 2 is 1.92 bits per heavy atom. The Morgan fingerprint density at radius 3 is 2.42 bits per heavy atom. The average Bonchev–Trinajstić information content (AvgIpc) is 2.07. The van der Waals surface area contributed by atoms with Crippen LogP contribution in [0.4, 0.5) is 0 Å². The Morgan fingerprint density at radius 1 is 1.25 bits per heavy atom. The first-order valence-electron chi connectivity index (χ1n) is 5.46. The topological polar surface area (TPSA) is 20.2 Å². The van der Waals surface area contributed by atoms with E-state index < -0.39 is 0 Å². The van der Waals surface area contributed by atoms with Crippen molar-refractivity contribution in [1.29, 1.82) is 0 Å². The van der Waals surface area contributed by atoms with Crippen molar-refractivity contribution in [2.45, 2.75) is 58.5 Å². The smallest absolute Gasteiger partial charge is 0.0543 e. The van der Waals surface area contributed by atoms with Gasteiger partial charge in [-0.2, -0.15) is 0 Å². The fourth-order valence-corrected chi connectivity index (χ4v) is 2.58. The fraction of sp³-hybridized carbons (Fsp3) is 1.00. The second-order valence-corrected chi connectivity index (χ2v) is 4.16. The van der Waals surface area contributed by atoms with Gasteiger partial charge in [0, 0.05) is 0 Å². The maximum Gasteiger partial charge on any atom is 0.0543 e. The van der Waals surface area contributed by atoms with E-state index in [1.165, 1.54) is 25.7 Å². The minimum atomic E-state index is 0.00403. The van der Waals surface area contributed by atoms with E-state index in [-0.39, 0.29) is 6.10 Å². The second-order valence-electron chi connectivity index (χ2n) is 4.16. The lowest BCUT2D eigenvalue weighted by molar-refractivity contribution is 0.0774. The van der Waals surface area contributed by atoms with E-state index in [2.05, 4.69) is 13.8 Å². The summed E-state index contributed by atoms with van der Waals surface area (Å²) in [5.41, 5.74) is 0. The van der Waals surface area contributed by atoms with Crippen molar-refractivity contribution in [2.24, 2.45) is 11.8 Å². The summed E-state index contributed by atoms with van der Waals surface area (Å²) in [5.74, 6) is 1.67. The third kappa shape index (κ3) is 2.48. The van der Waals surface area contributed by atoms with E-state index in [0.29, 0.717) is 0 Å². The molecule has 1 aliphatic rings. The number of rotatable bonds is 3. The van der Waals surface area contributed by atoms with Gasteiger partial charge in [0.25, 0.3) is 0 Å². The highest BCUT2D eigenvalue weighted by Gasteiger charge is 2.25. The van der Waals surface area contributed by atoms with Gasteiger partial charge in [0.2, 0.25) is 0 Å². The molecule has 1 fully saturated rings. The first-order chi connectivity index (χ1) is 5.77. The van der Waals surface area contributed by atoms with Crippen molar-refractivity contribution in [3.8, 4) is 0 Å². The van der Waals surface area contributed by atoms with Crippen molar-refractivity contribution in [1.82, 2.24) is 0 Å². The summed E-state index contributed by atoms with van der Waals surface area (Å²) in [4.78, 5) is 0. The molecule has 0 aromatic rings. The molecule has 2 unspecified atom stereocenters. The summed E-state index contributed by atoms with van der Waals surface area (Å²) in [6, 6.07) is 0. The molecule has 0 amide bonds. The molecule has 0 aromatic carbocycles. The van der Waals surface area contributed by atoms with Crippen molar-refractivity contribution in [3.05, 3.63) is 0 Å². The highest BCUT2D eigenvalue weighted by Crippen LogP contribution is 2.33. The predicted octanol–water partition coefficient (Wildman–Crippen LogP) is 2.97. The maximum atomic E-state index is 9.52. The highest BCUT2D eigenvalue weighted by molar-refractivity contribution is 4.76. The van der Waals surface area contributed by atoms with Crippen LogP contribution in [0.3, 0.4) is 0 Å². The first kappa shape index (κ1) is 10.0. The Bertz CT molecular complexity index is 118. The molecule has 0 bridgehead atoms. The van der Waals surface area contributed by atoms with Crippen LogP contribution in [-0.4, -0.2) is 11.2 Å². The van der Waals surface area contributed by atoms with E-state index in [9.17, 15) is 5.11 Å². The van der Waals surface area contributed by atoms with E-state index in [4.69, 9.17) is 0 Å². The molecular formula is C11H22O. The Balaban J connectivity index is 2.38. The van der Waals surface area contributed by atoms with Gasteiger partial charge in [-0.1, -0.05) is 33.1 Å². The lowest BCUT2D eigenvalue weighted by atomic mass is 9.77. The van der Waals surface area contributed by atoms with Crippen LogP contribution in [-0.2, 0) is 0 Å². The zero-order chi connectivity index (χ0) is 8.97. The van der Waals surface area contributed by atoms with Gasteiger partial charge in [-0.3, -0.25) is 0 Å². The van der Waals surface area contributed by atoms with Crippen LogP contribution in [0.15, 0.2) is 0 Å². The van der Waals surface area contributed by atoms with Gasteiger partial charge in [-0.25, -0.2) is 0 Å². The zero-order valence-corrected chi connectivity index (χ0v) is 8.42. The van der Waals surface area contributed by atoms with E-state index in [1.54, 1.807) is 0 Å². The normalized spacial score (nSPS) is 31.0. The first-order valence-corrected chi connectivity index (χ1v) is 5.46. The van der Waals surface area contributed by atoms with Crippen molar-refractivity contribution in [3.63, 3.8) is 0 Å². The molecule has 1 nitrogen and oxygen atoms in total. The third-order valence-electron chi connectivity index (χ3n) is 3.40. The van der Waals surface area contributed by atoms with E-state index in [1.807, 2.05) is 0 Å². The summed E-state index contributed by atoms with van der Waals surface area (Å²) in [5, 5.41) is 9.52. The van der Waals surface area contributed by atoms with Crippen LogP contribution >= 0.6 is 0 Å². The molecule has 0 aliphatic heterocycles. The Labute approximate surface area is 76.2 Å². The van der Waals surface area contributed by atoms with E-state index >= 15 is 0 Å². The summed E-state index contributed by atoms with van der Waals surface area (Å²) in [6.07, 6.45) is 7.26. The minimum absolute atomic E-state index is 0.00403. The summed E-state index contributed by atoms with van der Waals surface area (Å²) < 4.78 is 0. The quantitative estimate of drug-likeness (QED) is 0.690. The summed E-state index contributed by atoms with van der Waals surface area (Å²) >= 11 is 0. The summed E-state index contributed by atoms with van der Waals surface area (Å²) in [7, 11) is 0. The molecule has 2 atom stereocenters. The molecule has 1 rings (SSSR count). The molecule has 1 aliphatic carbocycles. The minimum Gasteiger partial charge on any atom is -0.393 e. The number of aliphatic hydroxyl groups excluding tert-OH is 1. The van der Waals surface area contributed by atoms with Crippen molar-refractivity contribution in [2.75, 3.05) is 0 Å². The van der Waals surface area contributed by atoms with Crippen LogP contribution in [0.2, 0.25) is 0 Å². The number of hydrogen-bond donors (Lipinski definition) is 1. The number of hydrogen-bond acceptors (Lipinski definition) is 1. The number of aliphatic hydroxyl groups is 1. The van der Waals surface area contributed by atoms with Gasteiger partial charge in [-0.05, 0) is 31.1 Å². The molecule has 1 heteroatoms. The molecule has 72 valence electrons. The van der Waals surface area contributed by atoms with Gasteiger partial charge in [-0.15, -0.1) is 0 Å². The molecule has 1 saturated carbocycles. The SMILES string of the molecule is CCC(CC)C1CCCC(O)C1. The van der Waals surface area contributed by atoms with Crippen LogP contribution < -0.4 is 0 Å². The maximum absolute atomic E-state index is 9.52. The molecule has 0 spiro atoms. The highest BCUT2D eigenvalue weighted by atomic mass is 16.3. The molecule has 1 N–H and O–H groups in total. The molecule has 0 heterocycles. The van der Waals surface area contributed by atoms with Gasteiger partial charge in [0.1, 0.15) is 0 Å². The molecule has 0 aromatic heterocycles. The molecule has 0 radical (unpaired) electrons. The third-order valence-corrected chi connectivity index (χ3v) is 3.40. The van der Waals surface area contributed by atoms with E-state index in [0.717, 1.165) is 24.7 Å². The molecule has 12 heavy (non-hydrogen) atoms.